The second-order valence-corrected chi connectivity index (χ2v) is 7.14. The Balaban J connectivity index is 1.52. The van der Waals surface area contributed by atoms with Gasteiger partial charge in [0.15, 0.2) is 0 Å². The predicted octanol–water partition coefficient (Wildman–Crippen LogP) is 1.48. The number of carbonyl (C=O) groups is 2. The van der Waals surface area contributed by atoms with E-state index in [2.05, 4.69) is 10.2 Å². The Bertz CT molecular complexity index is 559. The number of rotatable bonds is 4. The van der Waals surface area contributed by atoms with Gasteiger partial charge in [0, 0.05) is 32.2 Å². The zero-order valence-corrected chi connectivity index (χ0v) is 14.0. The van der Waals surface area contributed by atoms with E-state index in [0.29, 0.717) is 19.1 Å². The lowest BCUT2D eigenvalue weighted by Gasteiger charge is -2.37. The largest absolute Gasteiger partial charge is 0.352 e. The molecule has 1 aliphatic heterocycles. The van der Waals surface area contributed by atoms with Gasteiger partial charge in [0.1, 0.15) is 0 Å². The van der Waals surface area contributed by atoms with Gasteiger partial charge in [-0.25, -0.2) is 0 Å². The highest BCUT2D eigenvalue weighted by atomic mass is 32.1. The van der Waals surface area contributed by atoms with Crippen molar-refractivity contribution in [1.29, 1.82) is 0 Å². The van der Waals surface area contributed by atoms with Crippen molar-refractivity contribution in [3.63, 3.8) is 0 Å². The Morgan fingerprint density at radius 3 is 2.50 bits per heavy atom. The van der Waals surface area contributed by atoms with E-state index < -0.39 is 0 Å². The third kappa shape index (κ3) is 3.33. The van der Waals surface area contributed by atoms with Crippen molar-refractivity contribution in [2.75, 3.05) is 26.2 Å². The summed E-state index contributed by atoms with van der Waals surface area (Å²) in [5.74, 6) is 0.249. The van der Waals surface area contributed by atoms with Gasteiger partial charge in [-0.05, 0) is 43.7 Å². The highest BCUT2D eigenvalue weighted by Gasteiger charge is 2.31. The van der Waals surface area contributed by atoms with Gasteiger partial charge in [0.25, 0.3) is 5.91 Å². The number of carbonyl (C=O) groups excluding carboxylic acids is 2. The fourth-order valence-corrected chi connectivity index (χ4v) is 3.66. The normalized spacial score (nSPS) is 20.7. The van der Waals surface area contributed by atoms with E-state index in [1.54, 1.807) is 0 Å². The summed E-state index contributed by atoms with van der Waals surface area (Å²) in [5.41, 5.74) is 1.05. The van der Waals surface area contributed by atoms with Gasteiger partial charge in [0.2, 0.25) is 5.91 Å². The number of hydrogen-bond acceptors (Lipinski definition) is 4. The number of nitrogens with zero attached hydrogens (tertiary/aromatic N) is 2. The molecule has 1 saturated heterocycles. The molecule has 22 heavy (non-hydrogen) atoms. The summed E-state index contributed by atoms with van der Waals surface area (Å²) in [5, 5.41) is 5.02. The van der Waals surface area contributed by atoms with Gasteiger partial charge >= 0.3 is 0 Å². The summed E-state index contributed by atoms with van der Waals surface area (Å²) < 4.78 is 0. The number of amides is 2. The SMILES string of the molecule is Cc1ccsc1C(=O)N1CCN(C(C)C(=O)NC2CC2)CC1. The molecule has 0 radical (unpaired) electrons. The topological polar surface area (TPSA) is 52.7 Å². The van der Waals surface area contributed by atoms with Crippen LogP contribution >= 0.6 is 11.3 Å². The molecule has 0 spiro atoms. The molecule has 2 amide bonds. The van der Waals surface area contributed by atoms with Crippen LogP contribution in [0.15, 0.2) is 11.4 Å². The minimum atomic E-state index is -0.110. The molecular formula is C16H23N3O2S. The van der Waals surface area contributed by atoms with Crippen molar-refractivity contribution in [3.8, 4) is 0 Å². The summed E-state index contributed by atoms with van der Waals surface area (Å²) >= 11 is 1.51. The Morgan fingerprint density at radius 2 is 1.95 bits per heavy atom. The second kappa shape index (κ2) is 6.38. The standard InChI is InChI=1S/C16H23N3O2S/c1-11-5-10-22-14(11)16(21)19-8-6-18(7-9-19)12(2)15(20)17-13-3-4-13/h5,10,12-13H,3-4,6-9H2,1-2H3,(H,17,20). The fourth-order valence-electron chi connectivity index (χ4n) is 2.76. The van der Waals surface area contributed by atoms with E-state index in [4.69, 9.17) is 0 Å². The predicted molar refractivity (Wildman–Crippen MR) is 87.2 cm³/mol. The molecule has 6 heteroatoms. The molecule has 2 heterocycles. The van der Waals surface area contributed by atoms with E-state index in [1.165, 1.54) is 11.3 Å². The molecule has 1 unspecified atom stereocenters. The van der Waals surface area contributed by atoms with Gasteiger partial charge in [-0.2, -0.15) is 0 Å². The molecule has 1 aliphatic carbocycles. The Kier molecular flexibility index (Phi) is 4.49. The van der Waals surface area contributed by atoms with Crippen molar-refractivity contribution < 1.29 is 9.59 Å². The van der Waals surface area contributed by atoms with E-state index in [-0.39, 0.29) is 17.9 Å². The van der Waals surface area contributed by atoms with Crippen molar-refractivity contribution in [2.24, 2.45) is 0 Å². The lowest BCUT2D eigenvalue weighted by Crippen LogP contribution is -2.55. The van der Waals surface area contributed by atoms with Crippen molar-refractivity contribution in [1.82, 2.24) is 15.1 Å². The Labute approximate surface area is 135 Å². The molecule has 1 aromatic rings. The average molecular weight is 321 g/mol. The molecule has 3 rings (SSSR count). The van der Waals surface area contributed by atoms with E-state index in [1.807, 2.05) is 30.2 Å². The molecular weight excluding hydrogens is 298 g/mol. The van der Waals surface area contributed by atoms with E-state index in [9.17, 15) is 9.59 Å². The molecule has 2 aliphatic rings. The Hall–Kier alpha value is -1.40. The van der Waals surface area contributed by atoms with Crippen LogP contribution in [0.1, 0.15) is 35.0 Å². The maximum atomic E-state index is 12.5. The molecule has 1 aromatic heterocycles. The molecule has 5 nitrogen and oxygen atoms in total. The van der Waals surface area contributed by atoms with Crippen molar-refractivity contribution >= 4 is 23.2 Å². The highest BCUT2D eigenvalue weighted by molar-refractivity contribution is 7.12. The van der Waals surface area contributed by atoms with Crippen LogP contribution in [0, 0.1) is 6.92 Å². The minimum absolute atomic E-state index is 0.110. The van der Waals surface area contributed by atoms with Crippen molar-refractivity contribution in [3.05, 3.63) is 21.9 Å². The number of nitrogens with one attached hydrogen (secondary N) is 1. The number of thiophene rings is 1. The van der Waals surface area contributed by atoms with Crippen molar-refractivity contribution in [2.45, 2.75) is 38.8 Å². The minimum Gasteiger partial charge on any atom is -0.352 e. The van der Waals surface area contributed by atoms with Gasteiger partial charge in [-0.3, -0.25) is 14.5 Å². The van der Waals surface area contributed by atoms with Gasteiger partial charge in [-0.15, -0.1) is 11.3 Å². The zero-order valence-electron chi connectivity index (χ0n) is 13.2. The van der Waals surface area contributed by atoms with Gasteiger partial charge in [-0.1, -0.05) is 0 Å². The monoisotopic (exact) mass is 321 g/mol. The van der Waals surface area contributed by atoms with Crippen LogP contribution < -0.4 is 5.32 Å². The maximum Gasteiger partial charge on any atom is 0.264 e. The average Bonchev–Trinajstić information content (AvgIpc) is 3.24. The van der Waals surface area contributed by atoms with Gasteiger partial charge in [0.05, 0.1) is 10.9 Å². The van der Waals surface area contributed by atoms with E-state index in [0.717, 1.165) is 36.4 Å². The number of hydrogen-bond donors (Lipinski definition) is 1. The fraction of sp³-hybridized carbons (Fsp3) is 0.625. The zero-order chi connectivity index (χ0) is 15.7. The second-order valence-electron chi connectivity index (χ2n) is 6.22. The quantitative estimate of drug-likeness (QED) is 0.914. The first-order valence-electron chi connectivity index (χ1n) is 7.94. The van der Waals surface area contributed by atoms with Crippen LogP contribution in [0.4, 0.5) is 0 Å². The molecule has 1 N–H and O–H groups in total. The summed E-state index contributed by atoms with van der Waals surface area (Å²) in [6.07, 6.45) is 2.22. The highest BCUT2D eigenvalue weighted by Crippen LogP contribution is 2.21. The molecule has 1 saturated carbocycles. The first-order valence-corrected chi connectivity index (χ1v) is 8.82. The number of aryl methyl sites for hydroxylation is 1. The summed E-state index contributed by atoms with van der Waals surface area (Å²) in [6, 6.07) is 2.28. The van der Waals surface area contributed by atoms with E-state index >= 15 is 0 Å². The first-order chi connectivity index (χ1) is 10.6. The van der Waals surface area contributed by atoms with Crippen LogP contribution in [-0.2, 0) is 4.79 Å². The molecule has 1 atom stereocenters. The van der Waals surface area contributed by atoms with Crippen LogP contribution in [0.25, 0.3) is 0 Å². The number of piperazine rings is 1. The third-order valence-corrected chi connectivity index (χ3v) is 5.51. The summed E-state index contributed by atoms with van der Waals surface area (Å²) in [6.45, 7) is 6.84. The molecule has 2 fully saturated rings. The van der Waals surface area contributed by atoms with Crippen LogP contribution in [0.3, 0.4) is 0 Å². The molecule has 120 valence electrons. The van der Waals surface area contributed by atoms with Crippen LogP contribution in [0.2, 0.25) is 0 Å². The smallest absolute Gasteiger partial charge is 0.264 e. The summed E-state index contributed by atoms with van der Waals surface area (Å²) in [7, 11) is 0. The maximum absolute atomic E-state index is 12.5. The third-order valence-electron chi connectivity index (χ3n) is 4.51. The summed E-state index contributed by atoms with van der Waals surface area (Å²) in [4.78, 5) is 29.5. The molecule has 0 bridgehead atoms. The van der Waals surface area contributed by atoms with Gasteiger partial charge < -0.3 is 10.2 Å². The molecule has 0 aromatic carbocycles. The van der Waals surface area contributed by atoms with Crippen LogP contribution in [-0.4, -0.2) is 59.9 Å². The Morgan fingerprint density at radius 1 is 1.27 bits per heavy atom. The lowest BCUT2D eigenvalue weighted by molar-refractivity contribution is -0.126. The first kappa shape index (κ1) is 15.5. The lowest BCUT2D eigenvalue weighted by atomic mass is 10.2. The van der Waals surface area contributed by atoms with Crippen LogP contribution in [0.5, 0.6) is 0 Å².